The van der Waals surface area contributed by atoms with Crippen molar-refractivity contribution in [3.63, 3.8) is 0 Å². The van der Waals surface area contributed by atoms with Gasteiger partial charge in [-0.1, -0.05) is 47.5 Å². The van der Waals surface area contributed by atoms with Crippen LogP contribution in [-0.2, 0) is 24.6 Å². The highest BCUT2D eigenvalue weighted by Crippen LogP contribution is 2.65. The number of carbonyl (C=O) groups excluding carboxylic acids is 4. The number of methoxy groups -OCH3 is 1. The van der Waals surface area contributed by atoms with Crippen LogP contribution in [0.4, 0.5) is 15.8 Å². The maximum Gasteiger partial charge on any atom is 0.488 e. The minimum Gasteiger partial charge on any atom is -0.508 e. The van der Waals surface area contributed by atoms with E-state index in [-0.39, 0.29) is 41.0 Å². The first-order chi connectivity index (χ1) is 25.4. The molecule has 6 unspecified atom stereocenters. The number of nitrogens with zero attached hydrogens (tertiary/aromatic N) is 2. The third kappa shape index (κ3) is 5.25. The van der Waals surface area contributed by atoms with Gasteiger partial charge >= 0.3 is 7.12 Å². The molecule has 2 aliphatic carbocycles. The van der Waals surface area contributed by atoms with Gasteiger partial charge < -0.3 is 19.9 Å². The zero-order valence-electron chi connectivity index (χ0n) is 28.1. The van der Waals surface area contributed by atoms with Gasteiger partial charge in [0.1, 0.15) is 17.3 Å². The van der Waals surface area contributed by atoms with Crippen LogP contribution in [0.3, 0.4) is 0 Å². The number of imide groups is 2. The van der Waals surface area contributed by atoms with Crippen LogP contribution in [0.25, 0.3) is 0 Å². The lowest BCUT2D eigenvalue weighted by Crippen LogP contribution is -2.53. The summed E-state index contributed by atoms with van der Waals surface area (Å²) in [5.41, 5.74) is 3.08. The van der Waals surface area contributed by atoms with Crippen LogP contribution < -0.4 is 20.5 Å². The average Bonchev–Trinajstić information content (AvgIpc) is 3.53. The van der Waals surface area contributed by atoms with E-state index < -0.39 is 71.6 Å². The van der Waals surface area contributed by atoms with E-state index in [0.717, 1.165) is 9.91 Å². The van der Waals surface area contributed by atoms with Crippen molar-refractivity contribution in [3.05, 3.63) is 125 Å². The molecule has 53 heavy (non-hydrogen) atoms. The molecular weight excluding hydrogens is 704 g/mol. The number of phenolic OH excluding ortho intramolecular Hbond substituents is 1. The van der Waals surface area contributed by atoms with E-state index in [9.17, 15) is 33.9 Å². The fourth-order valence-corrected chi connectivity index (χ4v) is 9.10. The standard InChI is InChI=1S/C39H32BClFN3O8/c1-53-26-13-16-32(46)30(18-26)34-27-14-15-28-33(37(49)44(35(28)47)25-4-2-3-21(17-25)40(51)52)29(27)19-31-36(48)45(43-24-11-9-23(42)10-12-24)38(50)39(31,34)20-5-7-22(41)8-6-20/h2-14,16-18,28-29,31,33-34,43,46,51-52H,15,19H2,1H3. The van der Waals surface area contributed by atoms with Crippen molar-refractivity contribution < 1.29 is 43.5 Å². The number of rotatable bonds is 7. The molecule has 4 aliphatic rings. The first kappa shape index (κ1) is 34.6. The second-order valence-electron chi connectivity index (χ2n) is 13.8. The molecule has 0 aromatic heterocycles. The van der Waals surface area contributed by atoms with Crippen molar-refractivity contribution >= 4 is 59.2 Å². The summed E-state index contributed by atoms with van der Waals surface area (Å²) < 4.78 is 19.4. The van der Waals surface area contributed by atoms with E-state index in [1.165, 1.54) is 61.7 Å². The van der Waals surface area contributed by atoms with Crippen molar-refractivity contribution in [1.29, 1.82) is 0 Å². The topological polar surface area (TPSA) is 157 Å². The summed E-state index contributed by atoms with van der Waals surface area (Å²) in [6.07, 6.45) is 1.97. The first-order valence-electron chi connectivity index (χ1n) is 17.0. The molecule has 1 saturated carbocycles. The Morgan fingerprint density at radius 1 is 0.906 bits per heavy atom. The normalized spacial score (nSPS) is 26.2. The van der Waals surface area contributed by atoms with E-state index in [2.05, 4.69) is 5.43 Å². The summed E-state index contributed by atoms with van der Waals surface area (Å²) in [6.45, 7) is 0. The fourth-order valence-electron chi connectivity index (χ4n) is 8.97. The number of amides is 4. The van der Waals surface area contributed by atoms with Gasteiger partial charge in [-0.3, -0.25) is 29.5 Å². The number of anilines is 2. The molecule has 11 nitrogen and oxygen atoms in total. The number of hydrazine groups is 1. The number of hydrogen-bond donors (Lipinski definition) is 4. The molecule has 4 amide bonds. The Morgan fingerprint density at radius 2 is 1.64 bits per heavy atom. The SMILES string of the molecule is COc1ccc(O)c(C2C3=CCC4C(=O)N(c5cccc(B(O)O)c5)C(=O)C4C3CC3C(=O)N(Nc4ccc(F)cc4)C(=O)C32c2ccc(Cl)cc2)c1. The van der Waals surface area contributed by atoms with E-state index in [1.54, 1.807) is 36.4 Å². The average molecular weight is 736 g/mol. The molecule has 268 valence electrons. The van der Waals surface area contributed by atoms with Crippen molar-refractivity contribution in [2.75, 3.05) is 17.4 Å². The maximum absolute atomic E-state index is 15.2. The number of aromatic hydroxyl groups is 1. The van der Waals surface area contributed by atoms with Crippen LogP contribution in [0, 0.1) is 29.5 Å². The van der Waals surface area contributed by atoms with Crippen LogP contribution in [0.1, 0.15) is 29.9 Å². The fraction of sp³-hybridized carbons (Fsp3) is 0.231. The monoisotopic (exact) mass is 735 g/mol. The van der Waals surface area contributed by atoms with Crippen molar-refractivity contribution in [3.8, 4) is 11.5 Å². The highest BCUT2D eigenvalue weighted by molar-refractivity contribution is 6.58. The quantitative estimate of drug-likeness (QED) is 0.125. The number of benzene rings is 4. The highest BCUT2D eigenvalue weighted by Gasteiger charge is 2.70. The van der Waals surface area contributed by atoms with Crippen LogP contribution in [-0.4, -0.2) is 58.0 Å². The molecule has 4 N–H and O–H groups in total. The second kappa shape index (κ2) is 12.9. The molecule has 3 fully saturated rings. The third-order valence-corrected chi connectivity index (χ3v) is 11.5. The van der Waals surface area contributed by atoms with Gasteiger partial charge in [0.2, 0.25) is 11.8 Å². The van der Waals surface area contributed by atoms with Crippen LogP contribution >= 0.6 is 11.6 Å². The molecule has 4 aromatic carbocycles. The first-order valence-corrected chi connectivity index (χ1v) is 17.4. The molecule has 4 aromatic rings. The van der Waals surface area contributed by atoms with Crippen molar-refractivity contribution in [2.45, 2.75) is 24.2 Å². The molecule has 2 heterocycles. The Labute approximate surface area is 308 Å². The van der Waals surface area contributed by atoms with Gasteiger partial charge in [0, 0.05) is 16.5 Å². The lowest BCUT2D eigenvalue weighted by Gasteiger charge is -2.50. The summed E-state index contributed by atoms with van der Waals surface area (Å²) in [5.74, 6) is -7.18. The minimum atomic E-state index is -1.83. The Morgan fingerprint density at radius 3 is 2.34 bits per heavy atom. The summed E-state index contributed by atoms with van der Waals surface area (Å²) in [5, 5.41) is 32.5. The predicted molar refractivity (Wildman–Crippen MR) is 192 cm³/mol. The molecule has 14 heteroatoms. The molecule has 8 rings (SSSR count). The number of carbonyl (C=O) groups is 4. The summed E-state index contributed by atoms with van der Waals surface area (Å²) in [7, 11) is -0.366. The maximum atomic E-state index is 15.2. The highest BCUT2D eigenvalue weighted by atomic mass is 35.5. The zero-order valence-corrected chi connectivity index (χ0v) is 28.9. The third-order valence-electron chi connectivity index (χ3n) is 11.2. The molecule has 0 spiro atoms. The van der Waals surface area contributed by atoms with Crippen molar-refractivity contribution in [2.24, 2.45) is 23.7 Å². The molecule has 2 aliphatic heterocycles. The summed E-state index contributed by atoms with van der Waals surface area (Å²) >= 11 is 6.34. The van der Waals surface area contributed by atoms with Gasteiger partial charge in [0.25, 0.3) is 11.8 Å². The Bertz CT molecular complexity index is 2220. The number of fused-ring (bicyclic) bond motifs is 4. The number of nitrogens with one attached hydrogen (secondary N) is 1. The molecule has 6 atom stereocenters. The molecule has 0 bridgehead atoms. The lowest BCUT2D eigenvalue weighted by molar-refractivity contribution is -0.138. The molecular formula is C39H32BClFN3O8. The second-order valence-corrected chi connectivity index (χ2v) is 14.2. The van der Waals surface area contributed by atoms with Gasteiger partial charge in [-0.05, 0) is 96.5 Å². The largest absolute Gasteiger partial charge is 0.508 e. The van der Waals surface area contributed by atoms with E-state index in [0.29, 0.717) is 21.9 Å². The van der Waals surface area contributed by atoms with Crippen molar-refractivity contribution in [1.82, 2.24) is 5.01 Å². The van der Waals surface area contributed by atoms with Gasteiger partial charge in [-0.2, -0.15) is 5.01 Å². The smallest absolute Gasteiger partial charge is 0.488 e. The van der Waals surface area contributed by atoms with E-state index >= 15 is 4.79 Å². The van der Waals surface area contributed by atoms with Gasteiger partial charge in [0.15, 0.2) is 0 Å². The van der Waals surface area contributed by atoms with Gasteiger partial charge in [-0.15, -0.1) is 0 Å². The number of phenols is 1. The number of halogens is 2. The van der Waals surface area contributed by atoms with Crippen LogP contribution in [0.15, 0.2) is 103 Å². The summed E-state index contributed by atoms with van der Waals surface area (Å²) in [6, 6.07) is 22.3. The lowest BCUT2D eigenvalue weighted by atomic mass is 9.49. The number of allylic oxidation sites excluding steroid dienone is 2. The number of hydrogen-bond acceptors (Lipinski definition) is 9. The summed E-state index contributed by atoms with van der Waals surface area (Å²) in [4.78, 5) is 59.7. The Kier molecular flexibility index (Phi) is 8.40. The van der Waals surface area contributed by atoms with Gasteiger partial charge in [-0.25, -0.2) is 4.39 Å². The Balaban J connectivity index is 1.33. The predicted octanol–water partition coefficient (Wildman–Crippen LogP) is 4.06. The molecule has 2 saturated heterocycles. The molecule has 0 radical (unpaired) electrons. The van der Waals surface area contributed by atoms with Crippen LogP contribution in [0.2, 0.25) is 5.02 Å². The number of ether oxygens (including phenoxy) is 1. The zero-order chi connectivity index (χ0) is 37.3. The minimum absolute atomic E-state index is 0.00865. The van der Waals surface area contributed by atoms with E-state index in [4.69, 9.17) is 16.3 Å². The van der Waals surface area contributed by atoms with Crippen LogP contribution in [0.5, 0.6) is 11.5 Å². The van der Waals surface area contributed by atoms with E-state index in [1.807, 2.05) is 6.08 Å². The Hall–Kier alpha value is -5.50. The van der Waals surface area contributed by atoms with Gasteiger partial charge in [0.05, 0.1) is 41.7 Å².